The number of phenolic OH excluding ortho intramolecular Hbond substituents is 1. The number of nitrogens with one attached hydrogen (secondary N) is 1. The van der Waals surface area contributed by atoms with Crippen molar-refractivity contribution in [2.75, 3.05) is 11.2 Å². The molecule has 0 saturated carbocycles. The zero-order valence-electron chi connectivity index (χ0n) is 24.7. The first-order valence-corrected chi connectivity index (χ1v) is 15.5. The highest BCUT2D eigenvalue weighted by Crippen LogP contribution is 2.38. The van der Waals surface area contributed by atoms with Gasteiger partial charge in [0.25, 0.3) is 10.1 Å². The summed E-state index contributed by atoms with van der Waals surface area (Å²) in [6.45, 7) is 3.72. The maximum atomic E-state index is 11.8. The summed E-state index contributed by atoms with van der Waals surface area (Å²) in [6.07, 6.45) is 0. The van der Waals surface area contributed by atoms with Gasteiger partial charge in [0.1, 0.15) is 10.6 Å². The monoisotopic (exact) mass is 632 g/mol. The lowest BCUT2D eigenvalue weighted by Gasteiger charge is -2.10. The highest BCUT2D eigenvalue weighted by atomic mass is 32.2. The predicted octanol–water partition coefficient (Wildman–Crippen LogP) is 9.38. The number of rotatable bonds is 8. The molecule has 230 valence electrons. The zero-order valence-corrected chi connectivity index (χ0v) is 25.5. The van der Waals surface area contributed by atoms with Crippen molar-refractivity contribution >= 4 is 65.8 Å². The summed E-state index contributed by atoms with van der Waals surface area (Å²) in [6, 6.07) is 29.2. The Hall–Kier alpha value is -5.85. The predicted molar refractivity (Wildman–Crippen MR) is 179 cm³/mol. The number of anilines is 2. The summed E-state index contributed by atoms with van der Waals surface area (Å²) in [5.41, 5.74) is 13.4. The standard InChI is InChI=1S/C34H28N6O5S/c1-20-17-32(21(2)16-31(20)38-36-25-10-6-22-4-3-5-33(29(22)19-25)46(42,43)44)39-37-30-15-7-23-18-26(11-14-28(23)34(30)41)40-45-27-12-8-24(35)9-13-27/h3-19,40-41H,35H2,1-2H3,(H,42,43,44). The average Bonchev–Trinajstić information content (AvgIpc) is 3.04. The molecule has 6 aromatic rings. The summed E-state index contributed by atoms with van der Waals surface area (Å²) in [5, 5.41) is 30.7. The van der Waals surface area contributed by atoms with E-state index in [1.165, 1.54) is 6.07 Å². The van der Waals surface area contributed by atoms with Crippen LogP contribution < -0.4 is 16.1 Å². The Morgan fingerprint density at radius 2 is 1.37 bits per heavy atom. The second-order valence-electron chi connectivity index (χ2n) is 10.6. The molecule has 0 atom stereocenters. The van der Waals surface area contributed by atoms with Gasteiger partial charge in [-0.25, -0.2) is 5.48 Å². The maximum absolute atomic E-state index is 11.8. The Morgan fingerprint density at radius 1 is 0.696 bits per heavy atom. The first kappa shape index (κ1) is 30.2. The van der Waals surface area contributed by atoms with Crippen molar-refractivity contribution in [1.29, 1.82) is 0 Å². The molecule has 0 saturated heterocycles. The molecule has 0 aliphatic heterocycles. The minimum atomic E-state index is -4.40. The molecular formula is C34H28N6O5S. The molecule has 12 heteroatoms. The van der Waals surface area contributed by atoms with Crippen molar-refractivity contribution in [1.82, 2.24) is 0 Å². The molecule has 0 fully saturated rings. The van der Waals surface area contributed by atoms with Crippen LogP contribution in [0.5, 0.6) is 11.5 Å². The van der Waals surface area contributed by atoms with Crippen molar-refractivity contribution < 1.29 is 22.9 Å². The van der Waals surface area contributed by atoms with Gasteiger partial charge in [0.05, 0.1) is 22.7 Å². The topological polar surface area (TPSA) is 171 Å². The van der Waals surface area contributed by atoms with Gasteiger partial charge in [0.15, 0.2) is 11.5 Å². The summed E-state index contributed by atoms with van der Waals surface area (Å²) < 4.78 is 33.2. The lowest BCUT2D eigenvalue weighted by molar-refractivity contribution is 0.405. The van der Waals surface area contributed by atoms with Crippen LogP contribution in [0, 0.1) is 13.8 Å². The SMILES string of the molecule is Cc1cc(N=Nc2ccc3cc(NOc4ccc(N)cc4)ccc3c2O)c(C)cc1N=Nc1ccc2cccc(S(=O)(=O)O)c2c1. The number of aromatic hydroxyl groups is 1. The van der Waals surface area contributed by atoms with Gasteiger partial charge >= 0.3 is 0 Å². The number of benzene rings is 6. The molecule has 0 amide bonds. The van der Waals surface area contributed by atoms with Crippen LogP contribution in [0.2, 0.25) is 0 Å². The number of hydrogen-bond donors (Lipinski definition) is 4. The van der Waals surface area contributed by atoms with Crippen LogP contribution in [0.3, 0.4) is 0 Å². The van der Waals surface area contributed by atoms with Crippen LogP contribution >= 0.6 is 0 Å². The summed E-state index contributed by atoms with van der Waals surface area (Å²) >= 11 is 0. The Labute approximate surface area is 264 Å². The molecule has 0 aromatic heterocycles. The Bertz CT molecular complexity index is 2290. The third-order valence-electron chi connectivity index (χ3n) is 7.29. The maximum Gasteiger partial charge on any atom is 0.295 e. The van der Waals surface area contributed by atoms with Crippen LogP contribution in [0.25, 0.3) is 21.5 Å². The highest BCUT2D eigenvalue weighted by molar-refractivity contribution is 7.86. The normalized spacial score (nSPS) is 12.0. The van der Waals surface area contributed by atoms with E-state index < -0.39 is 10.1 Å². The van der Waals surface area contributed by atoms with Gasteiger partial charge in [-0.05, 0) is 115 Å². The van der Waals surface area contributed by atoms with Crippen molar-refractivity contribution in [3.8, 4) is 11.5 Å². The summed E-state index contributed by atoms with van der Waals surface area (Å²) in [5.74, 6) is 0.607. The quantitative estimate of drug-likeness (QED) is 0.0560. The van der Waals surface area contributed by atoms with Crippen molar-refractivity contribution in [2.24, 2.45) is 20.5 Å². The van der Waals surface area contributed by atoms with Gasteiger partial charge in [0.2, 0.25) is 0 Å². The van der Waals surface area contributed by atoms with Gasteiger partial charge < -0.3 is 15.7 Å². The molecule has 0 bridgehead atoms. The molecule has 5 N–H and O–H groups in total. The average molecular weight is 633 g/mol. The lowest BCUT2D eigenvalue weighted by Crippen LogP contribution is -2.04. The van der Waals surface area contributed by atoms with Crippen molar-refractivity contribution in [2.45, 2.75) is 18.7 Å². The van der Waals surface area contributed by atoms with Crippen LogP contribution in [-0.2, 0) is 10.1 Å². The third kappa shape index (κ3) is 6.48. The van der Waals surface area contributed by atoms with E-state index in [0.717, 1.165) is 16.5 Å². The lowest BCUT2D eigenvalue weighted by atomic mass is 10.1. The fraction of sp³-hybridized carbons (Fsp3) is 0.0588. The Kier molecular flexibility index (Phi) is 8.05. The fourth-order valence-corrected chi connectivity index (χ4v) is 5.54. The van der Waals surface area contributed by atoms with E-state index in [-0.39, 0.29) is 10.6 Å². The highest BCUT2D eigenvalue weighted by Gasteiger charge is 2.14. The third-order valence-corrected chi connectivity index (χ3v) is 8.21. The van der Waals surface area contributed by atoms with Crippen LogP contribution in [0.4, 0.5) is 34.1 Å². The second kappa shape index (κ2) is 12.3. The number of nitrogens with two attached hydrogens (primary N) is 1. The molecule has 0 aliphatic carbocycles. The van der Waals surface area contributed by atoms with Crippen LogP contribution in [-0.4, -0.2) is 18.1 Å². The van der Waals surface area contributed by atoms with E-state index in [1.54, 1.807) is 72.8 Å². The van der Waals surface area contributed by atoms with Gasteiger partial charge in [0, 0.05) is 16.5 Å². The van der Waals surface area contributed by atoms with E-state index in [1.807, 2.05) is 38.1 Å². The van der Waals surface area contributed by atoms with E-state index in [9.17, 15) is 18.1 Å². The number of aryl methyl sites for hydroxylation is 2. The van der Waals surface area contributed by atoms with Crippen molar-refractivity contribution in [3.05, 3.63) is 114 Å². The molecule has 11 nitrogen and oxygen atoms in total. The van der Waals surface area contributed by atoms with Crippen LogP contribution in [0.1, 0.15) is 11.1 Å². The van der Waals surface area contributed by atoms with E-state index >= 15 is 0 Å². The summed E-state index contributed by atoms with van der Waals surface area (Å²) in [7, 11) is -4.40. The molecule has 0 unspecified atom stereocenters. The Balaban J connectivity index is 1.19. The number of phenols is 1. The number of azo groups is 2. The number of hydrogen-bond acceptors (Lipinski definition) is 10. The molecule has 0 radical (unpaired) electrons. The molecular weight excluding hydrogens is 604 g/mol. The smallest absolute Gasteiger partial charge is 0.295 e. The largest absolute Gasteiger partial charge is 0.505 e. The van der Waals surface area contributed by atoms with Gasteiger partial charge in [-0.15, -0.1) is 5.11 Å². The first-order chi connectivity index (χ1) is 22.0. The number of fused-ring (bicyclic) bond motifs is 2. The minimum absolute atomic E-state index is 0.000381. The summed E-state index contributed by atoms with van der Waals surface area (Å²) in [4.78, 5) is 5.40. The zero-order chi connectivity index (χ0) is 32.4. The molecule has 0 heterocycles. The van der Waals surface area contributed by atoms with Gasteiger partial charge in [-0.1, -0.05) is 24.3 Å². The molecule has 6 aromatic carbocycles. The fourth-order valence-electron chi connectivity index (χ4n) is 4.84. The number of nitrogens with zero attached hydrogens (tertiary/aromatic N) is 4. The molecule has 6 rings (SSSR count). The molecule has 0 aliphatic rings. The van der Waals surface area contributed by atoms with Gasteiger partial charge in [-0.2, -0.15) is 23.8 Å². The second-order valence-corrected chi connectivity index (χ2v) is 12.0. The van der Waals surface area contributed by atoms with E-state index in [0.29, 0.717) is 56.0 Å². The van der Waals surface area contributed by atoms with E-state index in [4.69, 9.17) is 10.6 Å². The van der Waals surface area contributed by atoms with Crippen LogP contribution in [0.15, 0.2) is 128 Å². The van der Waals surface area contributed by atoms with Crippen molar-refractivity contribution in [3.63, 3.8) is 0 Å². The number of nitrogen functional groups attached to an aromatic ring is 1. The molecule has 0 spiro atoms. The molecule has 46 heavy (non-hydrogen) atoms. The van der Waals surface area contributed by atoms with E-state index in [2.05, 4.69) is 25.9 Å². The van der Waals surface area contributed by atoms with Gasteiger partial charge in [-0.3, -0.25) is 4.55 Å². The first-order valence-electron chi connectivity index (χ1n) is 14.0. The minimum Gasteiger partial charge on any atom is -0.505 e. The Morgan fingerprint density at radius 3 is 2.09 bits per heavy atom.